The van der Waals surface area contributed by atoms with Crippen LogP contribution in [0, 0.1) is 6.92 Å². The molecule has 312 valence electrons. The molecular weight excluding hydrogens is 863 g/mol. The first-order valence-electron chi connectivity index (χ1n) is 18.9. The summed E-state index contributed by atoms with van der Waals surface area (Å²) in [6.45, 7) is 4.56. The van der Waals surface area contributed by atoms with Gasteiger partial charge in [0, 0.05) is 81.7 Å². The Morgan fingerprint density at radius 1 is 0.881 bits per heavy atom. The van der Waals surface area contributed by atoms with E-state index in [0.29, 0.717) is 59.5 Å². The number of benzene rings is 3. The van der Waals surface area contributed by atoms with Crippen molar-refractivity contribution in [3.63, 3.8) is 0 Å². The highest BCUT2D eigenvalue weighted by Gasteiger charge is 2.51. The maximum atomic E-state index is 13.7. The lowest BCUT2D eigenvalue weighted by Crippen LogP contribution is -2.46. The molecular formula is C42H42Cl2F3N5O4S3. The maximum Gasteiger partial charge on any atom is 0.501 e. The van der Waals surface area contributed by atoms with E-state index in [4.69, 9.17) is 23.2 Å². The lowest BCUT2D eigenvalue weighted by atomic mass is 9.96. The molecule has 1 saturated heterocycles. The van der Waals surface area contributed by atoms with Crippen LogP contribution < -0.4 is 19.2 Å². The number of nitrogens with one attached hydrogen (secondary N) is 2. The first kappa shape index (κ1) is 43.1. The molecule has 0 bridgehead atoms. The van der Waals surface area contributed by atoms with Gasteiger partial charge in [0.2, 0.25) is 0 Å². The molecule has 1 fully saturated rings. The number of aromatic nitrogens is 1. The van der Waals surface area contributed by atoms with E-state index in [1.165, 1.54) is 18.0 Å². The van der Waals surface area contributed by atoms with E-state index in [9.17, 15) is 31.5 Å². The minimum atomic E-state index is -5.53. The van der Waals surface area contributed by atoms with Crippen LogP contribution in [0.4, 0.5) is 30.2 Å². The van der Waals surface area contributed by atoms with Crippen molar-refractivity contribution in [3.05, 3.63) is 122 Å². The third-order valence-corrected chi connectivity index (χ3v) is 14.8. The second-order valence-corrected chi connectivity index (χ2v) is 19.3. The maximum absolute atomic E-state index is 13.7. The van der Waals surface area contributed by atoms with Gasteiger partial charge in [-0.1, -0.05) is 59.6 Å². The summed E-state index contributed by atoms with van der Waals surface area (Å²) in [7, 11) is -3.68. The predicted molar refractivity (Wildman–Crippen MR) is 237 cm³/mol. The molecule has 17 heteroatoms. The average molecular weight is 905 g/mol. The summed E-state index contributed by atoms with van der Waals surface area (Å²) in [6.07, 6.45) is 9.48. The highest BCUT2D eigenvalue weighted by atomic mass is 35.5. The van der Waals surface area contributed by atoms with E-state index in [1.807, 2.05) is 78.4 Å². The third-order valence-electron chi connectivity index (χ3n) is 10.7. The Morgan fingerprint density at radius 3 is 2.19 bits per heavy atom. The lowest BCUT2D eigenvalue weighted by Gasteiger charge is -2.37. The number of hydrogen-bond donors (Lipinski definition) is 3. The number of hydrogen-bond acceptors (Lipinski definition) is 9. The molecule has 3 aliphatic rings. The third kappa shape index (κ3) is 9.50. The minimum absolute atomic E-state index is 0.211. The molecule has 0 saturated carbocycles. The van der Waals surface area contributed by atoms with Crippen LogP contribution in [0.1, 0.15) is 41.7 Å². The number of rotatable bonds is 12. The van der Waals surface area contributed by atoms with Gasteiger partial charge >= 0.3 is 11.5 Å². The van der Waals surface area contributed by atoms with E-state index >= 15 is 0 Å². The molecule has 0 spiro atoms. The van der Waals surface area contributed by atoms with Gasteiger partial charge in [-0.3, -0.25) is 4.72 Å². The Hall–Kier alpha value is -3.99. The molecule has 3 N–H and O–H groups in total. The van der Waals surface area contributed by atoms with Crippen LogP contribution in [-0.2, 0) is 16.9 Å². The molecule has 7 rings (SSSR count). The second-order valence-electron chi connectivity index (χ2n) is 14.5. The van der Waals surface area contributed by atoms with Crippen molar-refractivity contribution in [2.75, 3.05) is 40.7 Å². The van der Waals surface area contributed by atoms with Crippen LogP contribution in [0.2, 0.25) is 10.0 Å². The zero-order valence-electron chi connectivity index (χ0n) is 32.1. The molecule has 3 aromatic carbocycles. The van der Waals surface area contributed by atoms with Crippen LogP contribution in [0.5, 0.6) is 0 Å². The van der Waals surface area contributed by atoms with E-state index in [2.05, 4.69) is 19.2 Å². The fraction of sp³-hybridized carbons (Fsp3) is 0.310. The standard InChI is InChI=1S/C42H42Cl2F3N5O4S3/c1-26-38(41(53)54)39(40(50(26)2)27-8-10-29(43)11-9-27)28-22-30(44)24-33(23-28)52-20-18-51(19-21-52)32-14-12-31(13-15-32)48-58-35-16-17-36(49-57-34-6-4-3-5-7-34)37(25-35)59(55,56)42(45,46)47/h4,6-15,22-25,35-36,48-49H,3,5,16-21H2,1-2H3,(H,53,54). The quantitative estimate of drug-likeness (QED) is 0.119. The number of halogens is 5. The van der Waals surface area contributed by atoms with Crippen molar-refractivity contribution in [3.8, 4) is 22.4 Å². The van der Waals surface area contributed by atoms with Gasteiger partial charge in [-0.25, -0.2) is 13.2 Å². The molecule has 2 aliphatic carbocycles. The van der Waals surface area contributed by atoms with Crippen LogP contribution in [0.15, 0.2) is 101 Å². The van der Waals surface area contributed by atoms with Crippen molar-refractivity contribution in [1.29, 1.82) is 0 Å². The Labute approximate surface area is 360 Å². The summed E-state index contributed by atoms with van der Waals surface area (Å²) in [4.78, 5) is 17.3. The number of carboxylic acid groups (broad SMARTS) is 1. The number of aromatic carboxylic acids is 1. The van der Waals surface area contributed by atoms with E-state index in [0.717, 1.165) is 58.0 Å². The Balaban J connectivity index is 1.01. The lowest BCUT2D eigenvalue weighted by molar-refractivity contribution is -0.0428. The van der Waals surface area contributed by atoms with Crippen molar-refractivity contribution in [2.24, 2.45) is 7.05 Å². The number of nitrogens with zero attached hydrogens (tertiary/aromatic N) is 3. The van der Waals surface area contributed by atoms with Crippen molar-refractivity contribution >= 4 is 80.0 Å². The number of piperazine rings is 1. The molecule has 2 unspecified atom stereocenters. The number of allylic oxidation sites excluding steroid dienone is 3. The summed E-state index contributed by atoms with van der Waals surface area (Å²) in [5, 5.41) is 10.9. The van der Waals surface area contributed by atoms with Gasteiger partial charge in [-0.2, -0.15) is 13.2 Å². The minimum Gasteiger partial charge on any atom is -0.478 e. The normalized spacial score (nSPS) is 18.8. The van der Waals surface area contributed by atoms with Gasteiger partial charge in [0.05, 0.1) is 22.2 Å². The van der Waals surface area contributed by atoms with Gasteiger partial charge in [0.1, 0.15) is 0 Å². The largest absolute Gasteiger partial charge is 0.501 e. The highest BCUT2D eigenvalue weighted by Crippen LogP contribution is 2.42. The summed E-state index contributed by atoms with van der Waals surface area (Å²) in [6, 6.07) is 19.8. The Kier molecular flexibility index (Phi) is 13.1. The molecule has 4 aromatic rings. The highest BCUT2D eigenvalue weighted by molar-refractivity contribution is 8.02. The smallest absolute Gasteiger partial charge is 0.478 e. The van der Waals surface area contributed by atoms with Gasteiger partial charge in [0.15, 0.2) is 0 Å². The summed E-state index contributed by atoms with van der Waals surface area (Å²) >= 11 is 15.2. The van der Waals surface area contributed by atoms with Crippen molar-refractivity contribution in [1.82, 2.24) is 9.29 Å². The molecule has 59 heavy (non-hydrogen) atoms. The van der Waals surface area contributed by atoms with Crippen LogP contribution in [-0.4, -0.2) is 67.0 Å². The van der Waals surface area contributed by atoms with Crippen molar-refractivity contribution < 1.29 is 31.5 Å². The zero-order valence-corrected chi connectivity index (χ0v) is 36.1. The van der Waals surface area contributed by atoms with E-state index in [1.54, 1.807) is 25.1 Å². The molecule has 9 nitrogen and oxygen atoms in total. The van der Waals surface area contributed by atoms with E-state index < -0.39 is 37.5 Å². The van der Waals surface area contributed by atoms with Crippen LogP contribution in [0.25, 0.3) is 22.4 Å². The number of carbonyl (C=O) groups is 1. The van der Waals surface area contributed by atoms with Crippen LogP contribution in [0.3, 0.4) is 0 Å². The van der Waals surface area contributed by atoms with E-state index in [-0.39, 0.29) is 12.0 Å². The topological polar surface area (TPSA) is 107 Å². The molecule has 0 radical (unpaired) electrons. The Morgan fingerprint density at radius 2 is 1.56 bits per heavy atom. The zero-order chi connectivity index (χ0) is 42.1. The van der Waals surface area contributed by atoms with Gasteiger partial charge in [0.25, 0.3) is 9.84 Å². The first-order chi connectivity index (χ1) is 28.1. The first-order valence-corrected chi connectivity index (χ1v) is 22.9. The predicted octanol–water partition coefficient (Wildman–Crippen LogP) is 10.9. The van der Waals surface area contributed by atoms with Gasteiger partial charge in [-0.05, 0) is 122 Å². The second kappa shape index (κ2) is 17.9. The fourth-order valence-electron chi connectivity index (χ4n) is 7.58. The number of alkyl halides is 3. The van der Waals surface area contributed by atoms with Crippen molar-refractivity contribution in [2.45, 2.75) is 49.4 Å². The average Bonchev–Trinajstić information content (AvgIpc) is 3.49. The summed E-state index contributed by atoms with van der Waals surface area (Å²) in [5.41, 5.74) is 0.902. The monoisotopic (exact) mass is 903 g/mol. The fourth-order valence-corrected chi connectivity index (χ4v) is 11.0. The summed E-state index contributed by atoms with van der Waals surface area (Å²) in [5.74, 6) is -1.03. The molecule has 1 aliphatic heterocycles. The molecule has 1 aromatic heterocycles. The molecule has 2 atom stereocenters. The number of sulfone groups is 1. The Bertz CT molecular complexity index is 2410. The number of anilines is 3. The number of carboxylic acids is 1. The van der Waals surface area contributed by atoms with Gasteiger partial charge < -0.3 is 24.2 Å². The van der Waals surface area contributed by atoms with Gasteiger partial charge in [-0.15, -0.1) is 0 Å². The molecule has 0 amide bonds. The SMILES string of the molecule is Cc1c(C(=O)O)c(-c2cc(Cl)cc(N3CCN(c4ccc(NSC5C=C(S(=O)(=O)C(F)(F)F)C(NSC6=CCCC=C6)CC5)cc4)CC3)c2)c(-c2ccc(Cl)cc2)n1C. The molecule has 2 heterocycles. The summed E-state index contributed by atoms with van der Waals surface area (Å²) < 4.78 is 74.6. The van der Waals surface area contributed by atoms with Crippen LogP contribution >= 0.6 is 47.1 Å².